The molecule has 9 nitrogen and oxygen atoms in total. The maximum Gasteiger partial charge on any atom is 0.414 e. The first-order valence-corrected chi connectivity index (χ1v) is 9.76. The van der Waals surface area contributed by atoms with Crippen LogP contribution in [-0.2, 0) is 26.2 Å². The van der Waals surface area contributed by atoms with Gasteiger partial charge in [-0.25, -0.2) is 22.3 Å². The first-order valence-electron chi connectivity index (χ1n) is 8.15. The third-order valence-corrected chi connectivity index (χ3v) is 5.57. The van der Waals surface area contributed by atoms with E-state index in [4.69, 9.17) is 19.8 Å². The summed E-state index contributed by atoms with van der Waals surface area (Å²) in [6.07, 6.45) is 3.07. The molecule has 0 amide bonds. The van der Waals surface area contributed by atoms with E-state index in [-0.39, 0.29) is 11.5 Å². The van der Waals surface area contributed by atoms with Gasteiger partial charge in [-0.15, -0.1) is 0 Å². The zero-order chi connectivity index (χ0) is 19.6. The molecular formula is C16H24N2O7S. The predicted molar refractivity (Wildman–Crippen MR) is 94.3 cm³/mol. The lowest BCUT2D eigenvalue weighted by Gasteiger charge is -2.25. The van der Waals surface area contributed by atoms with Crippen molar-refractivity contribution in [2.45, 2.75) is 25.8 Å². The van der Waals surface area contributed by atoms with Gasteiger partial charge in [0.2, 0.25) is 10.0 Å². The smallest absolute Gasteiger partial charge is 0.414 e. The summed E-state index contributed by atoms with van der Waals surface area (Å²) in [6.45, 7) is 2.39. The maximum absolute atomic E-state index is 12.1. The molecule has 1 aromatic rings. The number of hydrogen-bond donors (Lipinski definition) is 4. The quantitative estimate of drug-likeness (QED) is 0.406. The molecule has 4 N–H and O–H groups in total. The predicted octanol–water partition coefficient (Wildman–Crippen LogP) is 0.453. The lowest BCUT2D eigenvalue weighted by Crippen LogP contribution is -2.39. The Labute approximate surface area is 152 Å². The lowest BCUT2D eigenvalue weighted by molar-refractivity contribution is -0.159. The Morgan fingerprint density at radius 1 is 1.00 bits per heavy atom. The molecule has 1 fully saturated rings. The van der Waals surface area contributed by atoms with E-state index >= 15 is 0 Å². The fourth-order valence-corrected chi connectivity index (χ4v) is 3.79. The van der Waals surface area contributed by atoms with Gasteiger partial charge < -0.3 is 20.6 Å². The number of nitrogens with one attached hydrogen (secondary N) is 1. The largest absolute Gasteiger partial charge is 0.508 e. The van der Waals surface area contributed by atoms with Gasteiger partial charge >= 0.3 is 11.9 Å². The molecular weight excluding hydrogens is 364 g/mol. The van der Waals surface area contributed by atoms with E-state index in [0.717, 1.165) is 24.8 Å². The number of carbonyl (C=O) groups is 2. The zero-order valence-electron chi connectivity index (χ0n) is 14.3. The Balaban J connectivity index is 0.000000487. The van der Waals surface area contributed by atoms with Crippen molar-refractivity contribution in [2.24, 2.45) is 0 Å². The molecule has 1 aliphatic rings. The van der Waals surface area contributed by atoms with Gasteiger partial charge in [-0.1, -0.05) is 18.6 Å². The Kier molecular flexibility index (Phi) is 9.03. The van der Waals surface area contributed by atoms with Crippen LogP contribution in [0, 0.1) is 0 Å². The monoisotopic (exact) mass is 388 g/mol. The molecule has 0 aromatic heterocycles. The molecule has 1 aliphatic heterocycles. The van der Waals surface area contributed by atoms with Crippen LogP contribution in [0.1, 0.15) is 24.8 Å². The van der Waals surface area contributed by atoms with E-state index in [0.29, 0.717) is 26.2 Å². The second kappa shape index (κ2) is 10.7. The molecule has 10 heteroatoms. The third kappa shape index (κ3) is 8.28. The molecule has 0 bridgehead atoms. The lowest BCUT2D eigenvalue weighted by atomic mass is 10.2. The molecule has 0 aliphatic carbocycles. The highest BCUT2D eigenvalue weighted by molar-refractivity contribution is 7.89. The maximum atomic E-state index is 12.1. The zero-order valence-corrected chi connectivity index (χ0v) is 15.1. The number of phenols is 1. The van der Waals surface area contributed by atoms with Gasteiger partial charge in [-0.05, 0) is 30.5 Å². The van der Waals surface area contributed by atoms with Gasteiger partial charge in [0.1, 0.15) is 5.75 Å². The van der Waals surface area contributed by atoms with E-state index in [1.807, 2.05) is 12.1 Å². The van der Waals surface area contributed by atoms with Crippen LogP contribution in [0.2, 0.25) is 0 Å². The summed E-state index contributed by atoms with van der Waals surface area (Å²) >= 11 is 0. The minimum absolute atomic E-state index is 0.144. The summed E-state index contributed by atoms with van der Waals surface area (Å²) in [4.78, 5) is 18.2. The molecule has 1 saturated heterocycles. The number of aliphatic carboxylic acids is 2. The fourth-order valence-electron chi connectivity index (χ4n) is 2.32. The molecule has 0 saturated carbocycles. The summed E-state index contributed by atoms with van der Waals surface area (Å²) < 4.78 is 25.8. The molecule has 26 heavy (non-hydrogen) atoms. The van der Waals surface area contributed by atoms with Crippen molar-refractivity contribution in [3.8, 4) is 5.75 Å². The van der Waals surface area contributed by atoms with Crippen LogP contribution in [0.3, 0.4) is 0 Å². The standard InChI is InChI=1S/C14H22N2O3S.C2H2O4/c17-14-6-4-13(5-7-14)12-15-8-11-20(18,19)16-9-2-1-3-10-16;3-1(4)2(5)6/h4-7,15,17H,1-3,8-12H2;(H,3,4)(H,5,6). The fraction of sp³-hybridized carbons (Fsp3) is 0.500. The van der Waals surface area contributed by atoms with E-state index in [2.05, 4.69) is 5.32 Å². The SMILES string of the molecule is O=C(O)C(=O)O.O=S(=O)(CCNCc1ccc(O)cc1)N1CCCCC1. The molecule has 0 radical (unpaired) electrons. The normalized spacial score (nSPS) is 14.9. The van der Waals surface area contributed by atoms with E-state index in [1.165, 1.54) is 0 Å². The van der Waals surface area contributed by atoms with Crippen molar-refractivity contribution in [3.05, 3.63) is 29.8 Å². The summed E-state index contributed by atoms with van der Waals surface area (Å²) in [5.74, 6) is -3.27. The van der Waals surface area contributed by atoms with Gasteiger partial charge in [0, 0.05) is 26.2 Å². The Hall–Kier alpha value is -2.17. The van der Waals surface area contributed by atoms with Crippen LogP contribution in [0.15, 0.2) is 24.3 Å². The minimum atomic E-state index is -3.11. The number of sulfonamides is 1. The van der Waals surface area contributed by atoms with Crippen LogP contribution in [0.4, 0.5) is 0 Å². The molecule has 0 atom stereocenters. The summed E-state index contributed by atoms with van der Waals surface area (Å²) in [5, 5.41) is 27.1. The Morgan fingerprint density at radius 3 is 2.04 bits per heavy atom. The molecule has 2 rings (SSSR count). The first-order chi connectivity index (χ1) is 12.2. The van der Waals surface area contributed by atoms with Crippen LogP contribution in [0.25, 0.3) is 0 Å². The van der Waals surface area contributed by atoms with Crippen LogP contribution >= 0.6 is 0 Å². The van der Waals surface area contributed by atoms with Crippen molar-refractivity contribution in [1.29, 1.82) is 0 Å². The molecule has 1 heterocycles. The number of nitrogens with zero attached hydrogens (tertiary/aromatic N) is 1. The highest BCUT2D eigenvalue weighted by Gasteiger charge is 2.22. The van der Waals surface area contributed by atoms with Gasteiger partial charge in [0.25, 0.3) is 0 Å². The van der Waals surface area contributed by atoms with E-state index in [9.17, 15) is 13.5 Å². The number of hydrogen-bond acceptors (Lipinski definition) is 6. The Morgan fingerprint density at radius 2 is 1.54 bits per heavy atom. The number of aromatic hydroxyl groups is 1. The summed E-state index contributed by atoms with van der Waals surface area (Å²) in [6, 6.07) is 6.89. The number of phenolic OH excluding ortho intramolecular Hbond substituents is 1. The number of rotatable bonds is 6. The summed E-state index contributed by atoms with van der Waals surface area (Å²) in [5.41, 5.74) is 1.03. The van der Waals surface area contributed by atoms with Gasteiger partial charge in [-0.3, -0.25) is 0 Å². The molecule has 146 valence electrons. The van der Waals surface area contributed by atoms with Gasteiger partial charge in [-0.2, -0.15) is 0 Å². The molecule has 0 unspecified atom stereocenters. The molecule has 0 spiro atoms. The van der Waals surface area contributed by atoms with Crippen molar-refractivity contribution in [3.63, 3.8) is 0 Å². The minimum Gasteiger partial charge on any atom is -0.508 e. The van der Waals surface area contributed by atoms with Crippen LogP contribution in [-0.4, -0.2) is 65.4 Å². The average Bonchev–Trinajstić information content (AvgIpc) is 2.61. The third-order valence-electron chi connectivity index (χ3n) is 3.69. The second-order valence-electron chi connectivity index (χ2n) is 5.73. The summed E-state index contributed by atoms with van der Waals surface area (Å²) in [7, 11) is -3.11. The molecule has 1 aromatic carbocycles. The first kappa shape index (κ1) is 21.9. The number of benzene rings is 1. The number of piperidine rings is 1. The topological polar surface area (TPSA) is 144 Å². The van der Waals surface area contributed by atoms with Crippen molar-refractivity contribution < 1.29 is 33.3 Å². The van der Waals surface area contributed by atoms with E-state index in [1.54, 1.807) is 16.4 Å². The van der Waals surface area contributed by atoms with Gasteiger partial charge in [0.15, 0.2) is 0 Å². The second-order valence-corrected chi connectivity index (χ2v) is 7.82. The van der Waals surface area contributed by atoms with Crippen molar-refractivity contribution in [2.75, 3.05) is 25.4 Å². The van der Waals surface area contributed by atoms with E-state index < -0.39 is 22.0 Å². The number of carboxylic acids is 2. The van der Waals surface area contributed by atoms with Crippen LogP contribution < -0.4 is 5.32 Å². The average molecular weight is 388 g/mol. The van der Waals surface area contributed by atoms with Crippen molar-refractivity contribution >= 4 is 22.0 Å². The highest BCUT2D eigenvalue weighted by atomic mass is 32.2. The van der Waals surface area contributed by atoms with Crippen molar-refractivity contribution in [1.82, 2.24) is 9.62 Å². The van der Waals surface area contributed by atoms with Gasteiger partial charge in [0.05, 0.1) is 5.75 Å². The highest BCUT2D eigenvalue weighted by Crippen LogP contribution is 2.13. The Bertz CT molecular complexity index is 671. The van der Waals surface area contributed by atoms with Crippen LogP contribution in [0.5, 0.6) is 5.75 Å². The number of carboxylic acid groups (broad SMARTS) is 2.